The number of benzene rings is 1. The van der Waals surface area contributed by atoms with Gasteiger partial charge in [-0.1, -0.05) is 39.0 Å². The van der Waals surface area contributed by atoms with Gasteiger partial charge in [-0.25, -0.2) is 8.42 Å². The van der Waals surface area contributed by atoms with Gasteiger partial charge >= 0.3 is 0 Å². The predicted molar refractivity (Wildman–Crippen MR) is 73.3 cm³/mol. The van der Waals surface area contributed by atoms with Gasteiger partial charge in [-0.15, -0.1) is 0 Å². The van der Waals surface area contributed by atoms with E-state index in [1.54, 1.807) is 0 Å². The number of ether oxygens (including phenoxy) is 1. The molecule has 0 saturated heterocycles. The number of hydrogen-bond acceptors (Lipinski definition) is 4. The molecule has 0 fully saturated rings. The lowest BCUT2D eigenvalue weighted by atomic mass is 10.1. The molecule has 4 nitrogen and oxygen atoms in total. The number of rotatable bonds is 9. The Balaban J connectivity index is 2.23. The molecular formula is C14H21O4S-. The molecule has 0 aromatic heterocycles. The van der Waals surface area contributed by atoms with Crippen LogP contribution < -0.4 is 4.74 Å². The normalized spacial score (nSPS) is 11.5. The molecule has 0 unspecified atom stereocenters. The lowest BCUT2D eigenvalue weighted by Crippen LogP contribution is -2.00. The summed E-state index contributed by atoms with van der Waals surface area (Å²) in [5.74, 6) is 0.598. The minimum Gasteiger partial charge on any atom is -0.744 e. The maximum Gasteiger partial charge on any atom is 0.124 e. The van der Waals surface area contributed by atoms with E-state index in [-0.39, 0.29) is 4.90 Å². The summed E-state index contributed by atoms with van der Waals surface area (Å²) in [6.07, 6.45) is 7.16. The van der Waals surface area contributed by atoms with Crippen molar-refractivity contribution in [3.8, 4) is 5.75 Å². The average molecular weight is 285 g/mol. The van der Waals surface area contributed by atoms with Gasteiger partial charge in [0.15, 0.2) is 0 Å². The highest BCUT2D eigenvalue weighted by Crippen LogP contribution is 2.16. The van der Waals surface area contributed by atoms with Crippen molar-refractivity contribution in [2.24, 2.45) is 0 Å². The van der Waals surface area contributed by atoms with Crippen LogP contribution in [0.5, 0.6) is 5.75 Å². The number of hydrogen-bond donors (Lipinski definition) is 0. The van der Waals surface area contributed by atoms with Crippen LogP contribution in [-0.4, -0.2) is 19.6 Å². The molecule has 5 heteroatoms. The third-order valence-corrected chi connectivity index (χ3v) is 3.73. The first kappa shape index (κ1) is 16.0. The van der Waals surface area contributed by atoms with Crippen LogP contribution >= 0.6 is 0 Å². The van der Waals surface area contributed by atoms with Gasteiger partial charge in [-0.3, -0.25) is 0 Å². The molecule has 0 bridgehead atoms. The Bertz CT molecular complexity index is 451. The van der Waals surface area contributed by atoms with Gasteiger partial charge in [0.25, 0.3) is 0 Å². The van der Waals surface area contributed by atoms with E-state index in [0.29, 0.717) is 12.4 Å². The number of unbranched alkanes of at least 4 members (excludes halogenated alkanes) is 5. The van der Waals surface area contributed by atoms with Gasteiger partial charge in [-0.05, 0) is 30.7 Å². The third-order valence-electron chi connectivity index (χ3n) is 2.88. The van der Waals surface area contributed by atoms with Gasteiger partial charge < -0.3 is 9.29 Å². The van der Waals surface area contributed by atoms with E-state index in [1.165, 1.54) is 49.9 Å². The van der Waals surface area contributed by atoms with Crippen LogP contribution in [0.2, 0.25) is 0 Å². The fraction of sp³-hybridized carbons (Fsp3) is 0.571. The van der Waals surface area contributed by atoms with Crippen molar-refractivity contribution in [1.29, 1.82) is 0 Å². The molecule has 0 aliphatic carbocycles. The lowest BCUT2D eigenvalue weighted by molar-refractivity contribution is 0.304. The van der Waals surface area contributed by atoms with E-state index in [4.69, 9.17) is 4.74 Å². The molecule has 0 aliphatic rings. The second-order valence-corrected chi connectivity index (χ2v) is 5.92. The molecule has 0 aliphatic heterocycles. The highest BCUT2D eigenvalue weighted by molar-refractivity contribution is 7.85. The highest BCUT2D eigenvalue weighted by Gasteiger charge is 2.01. The van der Waals surface area contributed by atoms with Gasteiger partial charge in [-0.2, -0.15) is 0 Å². The second-order valence-electron chi connectivity index (χ2n) is 4.54. The molecule has 0 amide bonds. The van der Waals surface area contributed by atoms with Crippen molar-refractivity contribution in [2.45, 2.75) is 50.3 Å². The van der Waals surface area contributed by atoms with Crippen molar-refractivity contribution in [3.63, 3.8) is 0 Å². The zero-order chi connectivity index (χ0) is 14.1. The highest BCUT2D eigenvalue weighted by atomic mass is 32.2. The smallest absolute Gasteiger partial charge is 0.124 e. The van der Waals surface area contributed by atoms with E-state index < -0.39 is 10.1 Å². The quantitative estimate of drug-likeness (QED) is 0.515. The first-order chi connectivity index (χ1) is 9.04. The van der Waals surface area contributed by atoms with Gasteiger partial charge in [0, 0.05) is 0 Å². The van der Waals surface area contributed by atoms with E-state index in [2.05, 4.69) is 6.92 Å². The molecule has 0 spiro atoms. The van der Waals surface area contributed by atoms with Gasteiger partial charge in [0.1, 0.15) is 15.9 Å². The van der Waals surface area contributed by atoms with Gasteiger partial charge in [0.05, 0.1) is 11.5 Å². The molecule has 0 radical (unpaired) electrons. The summed E-state index contributed by atoms with van der Waals surface area (Å²) < 4.78 is 37.7. The molecular weight excluding hydrogens is 264 g/mol. The van der Waals surface area contributed by atoms with Crippen LogP contribution in [0.25, 0.3) is 0 Å². The molecule has 108 valence electrons. The van der Waals surface area contributed by atoms with Crippen LogP contribution in [-0.2, 0) is 10.1 Å². The van der Waals surface area contributed by atoms with Crippen LogP contribution in [0, 0.1) is 0 Å². The van der Waals surface area contributed by atoms with Crippen LogP contribution in [0.3, 0.4) is 0 Å². The van der Waals surface area contributed by atoms with E-state index in [9.17, 15) is 13.0 Å². The van der Waals surface area contributed by atoms with Crippen molar-refractivity contribution >= 4 is 10.1 Å². The van der Waals surface area contributed by atoms with Crippen molar-refractivity contribution in [3.05, 3.63) is 24.3 Å². The van der Waals surface area contributed by atoms with Crippen LogP contribution in [0.4, 0.5) is 0 Å². The summed E-state index contributed by atoms with van der Waals surface area (Å²) in [6.45, 7) is 2.81. The molecule has 1 aromatic rings. The third kappa shape index (κ3) is 6.59. The standard InChI is InChI=1S/C14H22O4S/c1-2-3-4-5-6-7-12-18-13-8-10-14(11-9-13)19(15,16)17/h8-11H,2-7,12H2,1H3,(H,15,16,17)/p-1. The molecule has 0 atom stereocenters. The Labute approximate surface area is 115 Å². The maximum absolute atomic E-state index is 10.7. The second kappa shape index (κ2) is 8.17. The largest absolute Gasteiger partial charge is 0.744 e. The zero-order valence-corrected chi connectivity index (χ0v) is 12.1. The SMILES string of the molecule is CCCCCCCCOc1ccc(S(=O)(=O)[O-])cc1. The van der Waals surface area contributed by atoms with Gasteiger partial charge in [0.2, 0.25) is 0 Å². The predicted octanol–water partition coefficient (Wildman–Crippen LogP) is 3.33. The van der Waals surface area contributed by atoms with Crippen molar-refractivity contribution in [2.75, 3.05) is 6.61 Å². The van der Waals surface area contributed by atoms with Crippen molar-refractivity contribution in [1.82, 2.24) is 0 Å². The molecule has 19 heavy (non-hydrogen) atoms. The Hall–Kier alpha value is -1.07. The van der Waals surface area contributed by atoms with Crippen molar-refractivity contribution < 1.29 is 17.7 Å². The fourth-order valence-electron chi connectivity index (χ4n) is 1.77. The van der Waals surface area contributed by atoms with E-state index in [0.717, 1.165) is 12.8 Å². The molecule has 0 N–H and O–H groups in total. The lowest BCUT2D eigenvalue weighted by Gasteiger charge is -2.09. The topological polar surface area (TPSA) is 66.4 Å². The van der Waals surface area contributed by atoms with Crippen LogP contribution in [0.1, 0.15) is 45.4 Å². The Morgan fingerprint density at radius 2 is 1.58 bits per heavy atom. The summed E-state index contributed by atoms with van der Waals surface area (Å²) in [4.78, 5) is -0.223. The Morgan fingerprint density at radius 3 is 2.16 bits per heavy atom. The summed E-state index contributed by atoms with van der Waals surface area (Å²) in [7, 11) is -4.36. The first-order valence-corrected chi connectivity index (χ1v) is 8.13. The van der Waals surface area contributed by atoms with Crippen LogP contribution in [0.15, 0.2) is 29.2 Å². The summed E-state index contributed by atoms with van der Waals surface area (Å²) in [6, 6.07) is 5.58. The Morgan fingerprint density at radius 1 is 1.00 bits per heavy atom. The Kier molecular flexibility index (Phi) is 6.87. The summed E-state index contributed by atoms with van der Waals surface area (Å²) in [5, 5.41) is 0. The monoisotopic (exact) mass is 285 g/mol. The summed E-state index contributed by atoms with van der Waals surface area (Å²) >= 11 is 0. The molecule has 1 aromatic carbocycles. The minimum atomic E-state index is -4.36. The van der Waals surface area contributed by atoms with E-state index in [1.807, 2.05) is 0 Å². The van der Waals surface area contributed by atoms with E-state index >= 15 is 0 Å². The maximum atomic E-state index is 10.7. The minimum absolute atomic E-state index is 0.223. The first-order valence-electron chi connectivity index (χ1n) is 6.73. The molecule has 1 rings (SSSR count). The molecule has 0 saturated carbocycles. The zero-order valence-electron chi connectivity index (χ0n) is 11.3. The average Bonchev–Trinajstić information content (AvgIpc) is 2.37. The molecule has 0 heterocycles. The fourth-order valence-corrected chi connectivity index (χ4v) is 2.24. The summed E-state index contributed by atoms with van der Waals surface area (Å²) in [5.41, 5.74) is 0.